The van der Waals surface area contributed by atoms with E-state index < -0.39 is 5.54 Å². The van der Waals surface area contributed by atoms with Crippen LogP contribution in [0.25, 0.3) is 0 Å². The van der Waals surface area contributed by atoms with E-state index in [1.165, 1.54) is 0 Å². The van der Waals surface area contributed by atoms with Crippen LogP contribution < -0.4 is 11.1 Å². The van der Waals surface area contributed by atoms with Crippen LogP contribution in [0, 0.1) is 6.92 Å². The van der Waals surface area contributed by atoms with Gasteiger partial charge in [0.15, 0.2) is 0 Å². The zero-order valence-electron chi connectivity index (χ0n) is 9.80. The molecule has 3 nitrogen and oxygen atoms in total. The lowest BCUT2D eigenvalue weighted by atomic mass is 10.1. The van der Waals surface area contributed by atoms with Gasteiger partial charge in [-0.3, -0.25) is 4.79 Å². The molecule has 0 fully saturated rings. The highest BCUT2D eigenvalue weighted by Gasteiger charge is 2.15. The fraction of sp³-hybridized carbons (Fsp3) is 0.417. The molecule has 1 amide bonds. The van der Waals surface area contributed by atoms with Gasteiger partial charge in [0.05, 0.1) is 10.6 Å². The summed E-state index contributed by atoms with van der Waals surface area (Å²) in [5.41, 5.74) is 6.86. The van der Waals surface area contributed by atoms with Gasteiger partial charge in [0, 0.05) is 12.1 Å². The predicted octanol–water partition coefficient (Wildman–Crippen LogP) is 2.12. The monoisotopic (exact) mass is 240 g/mol. The maximum absolute atomic E-state index is 11.8. The van der Waals surface area contributed by atoms with Gasteiger partial charge in [0.2, 0.25) is 0 Å². The van der Waals surface area contributed by atoms with Crippen LogP contribution in [0.5, 0.6) is 0 Å². The zero-order valence-corrected chi connectivity index (χ0v) is 10.6. The molecule has 88 valence electrons. The highest BCUT2D eigenvalue weighted by Crippen LogP contribution is 2.17. The number of benzene rings is 1. The average Bonchev–Trinajstić information content (AvgIpc) is 2.13. The Kier molecular flexibility index (Phi) is 3.94. The summed E-state index contributed by atoms with van der Waals surface area (Å²) in [6.45, 7) is 6.04. The van der Waals surface area contributed by atoms with Crippen molar-refractivity contribution >= 4 is 17.5 Å². The maximum Gasteiger partial charge on any atom is 0.252 e. The largest absolute Gasteiger partial charge is 0.350 e. The van der Waals surface area contributed by atoms with Gasteiger partial charge in [-0.2, -0.15) is 0 Å². The van der Waals surface area contributed by atoms with Crippen LogP contribution >= 0.6 is 11.6 Å². The highest BCUT2D eigenvalue weighted by atomic mass is 35.5. The summed E-state index contributed by atoms with van der Waals surface area (Å²) in [5, 5.41) is 3.22. The number of nitrogens with one attached hydrogen (secondary N) is 1. The van der Waals surface area contributed by atoms with Crippen LogP contribution in [0.2, 0.25) is 5.02 Å². The number of nitrogens with two attached hydrogens (primary N) is 1. The minimum Gasteiger partial charge on any atom is -0.350 e. The second-order valence-corrected chi connectivity index (χ2v) is 5.06. The Balaban J connectivity index is 2.74. The van der Waals surface area contributed by atoms with E-state index in [4.69, 9.17) is 17.3 Å². The molecule has 0 aliphatic rings. The minimum atomic E-state index is -0.424. The Morgan fingerprint density at radius 3 is 2.62 bits per heavy atom. The number of hydrogen-bond acceptors (Lipinski definition) is 2. The van der Waals surface area contributed by atoms with Crippen LogP contribution in [0.4, 0.5) is 0 Å². The highest BCUT2D eigenvalue weighted by molar-refractivity contribution is 6.33. The lowest BCUT2D eigenvalue weighted by molar-refractivity contribution is 0.0946. The maximum atomic E-state index is 11.8. The van der Waals surface area contributed by atoms with Gasteiger partial charge in [0.1, 0.15) is 0 Å². The topological polar surface area (TPSA) is 55.1 Å². The molecule has 1 aromatic rings. The molecule has 3 N–H and O–H groups in total. The number of carbonyl (C=O) groups excluding carboxylic acids is 1. The summed E-state index contributed by atoms with van der Waals surface area (Å²) < 4.78 is 0. The molecular weight excluding hydrogens is 224 g/mol. The Morgan fingerprint density at radius 1 is 1.50 bits per heavy atom. The average molecular weight is 241 g/mol. The van der Waals surface area contributed by atoms with Crippen molar-refractivity contribution in [3.8, 4) is 0 Å². The summed E-state index contributed by atoms with van der Waals surface area (Å²) in [7, 11) is 0. The van der Waals surface area contributed by atoms with Crippen LogP contribution in [-0.4, -0.2) is 18.0 Å². The Hall–Kier alpha value is -1.06. The third kappa shape index (κ3) is 3.83. The smallest absolute Gasteiger partial charge is 0.252 e. The van der Waals surface area contributed by atoms with Crippen molar-refractivity contribution in [3.63, 3.8) is 0 Å². The molecule has 0 saturated carbocycles. The molecule has 0 heterocycles. The van der Waals surface area contributed by atoms with E-state index >= 15 is 0 Å². The van der Waals surface area contributed by atoms with Gasteiger partial charge >= 0.3 is 0 Å². The molecular formula is C12H17ClN2O. The number of hydrogen-bond donors (Lipinski definition) is 2. The lowest BCUT2D eigenvalue weighted by Crippen LogP contribution is -2.45. The molecule has 0 unspecified atom stereocenters. The first kappa shape index (κ1) is 13.0. The number of rotatable bonds is 3. The fourth-order valence-electron chi connectivity index (χ4n) is 1.21. The van der Waals surface area contributed by atoms with Crippen LogP contribution in [0.3, 0.4) is 0 Å². The molecule has 0 radical (unpaired) electrons. The van der Waals surface area contributed by atoms with E-state index in [2.05, 4.69) is 5.32 Å². The molecule has 0 aliphatic heterocycles. The van der Waals surface area contributed by atoms with Crippen molar-refractivity contribution in [3.05, 3.63) is 34.3 Å². The quantitative estimate of drug-likeness (QED) is 0.850. The van der Waals surface area contributed by atoms with Crippen molar-refractivity contribution in [2.75, 3.05) is 6.54 Å². The molecule has 0 bridgehead atoms. The summed E-state index contributed by atoms with van der Waals surface area (Å²) in [6, 6.07) is 5.34. The van der Waals surface area contributed by atoms with Crippen LogP contribution in [-0.2, 0) is 0 Å². The van der Waals surface area contributed by atoms with Gasteiger partial charge < -0.3 is 11.1 Å². The van der Waals surface area contributed by atoms with Gasteiger partial charge in [0.25, 0.3) is 5.91 Å². The lowest BCUT2D eigenvalue weighted by Gasteiger charge is -2.19. The second kappa shape index (κ2) is 4.85. The summed E-state index contributed by atoms with van der Waals surface area (Å²) in [5.74, 6) is -0.191. The molecule has 0 aromatic heterocycles. The molecule has 1 rings (SSSR count). The SMILES string of the molecule is Cc1ccc(C(=O)NCC(C)(C)N)c(Cl)c1. The third-order valence-corrected chi connectivity index (χ3v) is 2.39. The predicted molar refractivity (Wildman–Crippen MR) is 66.8 cm³/mol. The number of carbonyl (C=O) groups is 1. The van der Waals surface area contributed by atoms with Crippen LogP contribution in [0.15, 0.2) is 18.2 Å². The number of halogens is 1. The first-order valence-electron chi connectivity index (χ1n) is 5.13. The van der Waals surface area contributed by atoms with Crippen molar-refractivity contribution in [1.29, 1.82) is 0 Å². The molecule has 1 aromatic carbocycles. The van der Waals surface area contributed by atoms with Crippen molar-refractivity contribution < 1.29 is 4.79 Å². The molecule has 0 atom stereocenters. The number of amides is 1. The Morgan fingerprint density at radius 2 is 2.12 bits per heavy atom. The van der Waals surface area contributed by atoms with E-state index in [1.54, 1.807) is 12.1 Å². The van der Waals surface area contributed by atoms with E-state index in [9.17, 15) is 4.79 Å². The zero-order chi connectivity index (χ0) is 12.3. The summed E-state index contributed by atoms with van der Waals surface area (Å²) in [4.78, 5) is 11.8. The molecule has 0 spiro atoms. The Labute approximate surface area is 101 Å². The molecule has 0 aliphatic carbocycles. The minimum absolute atomic E-state index is 0.191. The third-order valence-electron chi connectivity index (χ3n) is 2.07. The summed E-state index contributed by atoms with van der Waals surface area (Å²) >= 11 is 5.98. The van der Waals surface area contributed by atoms with Gasteiger partial charge in [-0.1, -0.05) is 17.7 Å². The second-order valence-electron chi connectivity index (χ2n) is 4.65. The van der Waals surface area contributed by atoms with E-state index in [0.29, 0.717) is 17.1 Å². The molecule has 0 saturated heterocycles. The van der Waals surface area contributed by atoms with Gasteiger partial charge in [-0.25, -0.2) is 0 Å². The van der Waals surface area contributed by atoms with Crippen molar-refractivity contribution in [1.82, 2.24) is 5.32 Å². The first-order chi connectivity index (χ1) is 7.29. The normalized spacial score (nSPS) is 11.3. The summed E-state index contributed by atoms with van der Waals surface area (Å²) in [6.07, 6.45) is 0. The fourth-order valence-corrected chi connectivity index (χ4v) is 1.53. The van der Waals surface area contributed by atoms with Crippen LogP contribution in [0.1, 0.15) is 29.8 Å². The van der Waals surface area contributed by atoms with Crippen molar-refractivity contribution in [2.24, 2.45) is 5.73 Å². The van der Waals surface area contributed by atoms with Gasteiger partial charge in [-0.05, 0) is 38.5 Å². The van der Waals surface area contributed by atoms with E-state index in [0.717, 1.165) is 5.56 Å². The number of aryl methyl sites for hydroxylation is 1. The van der Waals surface area contributed by atoms with Gasteiger partial charge in [-0.15, -0.1) is 0 Å². The molecule has 16 heavy (non-hydrogen) atoms. The standard InChI is InChI=1S/C12H17ClN2O/c1-8-4-5-9(10(13)6-8)11(16)15-7-12(2,3)14/h4-6H,7,14H2,1-3H3,(H,15,16). The van der Waals surface area contributed by atoms with Crippen molar-refractivity contribution in [2.45, 2.75) is 26.3 Å². The van der Waals surface area contributed by atoms with E-state index in [1.807, 2.05) is 26.8 Å². The first-order valence-corrected chi connectivity index (χ1v) is 5.50. The van der Waals surface area contributed by atoms with E-state index in [-0.39, 0.29) is 5.91 Å². The Bertz CT molecular complexity index is 396. The molecule has 4 heteroatoms.